The Hall–Kier alpha value is -3.67. The third-order valence-corrected chi connectivity index (χ3v) is 5.95. The number of nitrogens with zero attached hydrogens (tertiary/aromatic N) is 2. The van der Waals surface area contributed by atoms with Crippen molar-refractivity contribution in [3.05, 3.63) is 84.1 Å². The molecule has 170 valence electrons. The minimum Gasteiger partial charge on any atom is -0.494 e. The quantitative estimate of drug-likeness (QED) is 0.591. The first-order chi connectivity index (χ1) is 16.2. The number of carbonyl (C=O) groups is 2. The normalized spacial score (nSPS) is 14.0. The number of carbonyl (C=O) groups excluding carboxylic acids is 2. The maximum Gasteiger partial charge on any atom is 0.253 e. The molecule has 1 saturated heterocycles. The van der Waals surface area contributed by atoms with E-state index in [-0.39, 0.29) is 17.7 Å². The minimum absolute atomic E-state index is 0.0147. The number of hydrogen-bond acceptors (Lipinski definition) is 4. The van der Waals surface area contributed by atoms with E-state index in [0.717, 1.165) is 22.6 Å². The van der Waals surface area contributed by atoms with Gasteiger partial charge in [-0.15, -0.1) is 0 Å². The van der Waals surface area contributed by atoms with Gasteiger partial charge in [-0.1, -0.05) is 48.5 Å². The number of pyridine rings is 1. The smallest absolute Gasteiger partial charge is 0.253 e. The van der Waals surface area contributed by atoms with E-state index >= 15 is 0 Å². The number of para-hydroxylation sites is 1. The van der Waals surface area contributed by atoms with Crippen molar-refractivity contribution < 1.29 is 14.3 Å². The molecular formula is C27H29N3O3. The van der Waals surface area contributed by atoms with Crippen LogP contribution >= 0.6 is 0 Å². The number of benzene rings is 2. The molecule has 0 aliphatic carbocycles. The van der Waals surface area contributed by atoms with Crippen LogP contribution in [0.15, 0.2) is 72.9 Å². The van der Waals surface area contributed by atoms with Crippen molar-refractivity contribution in [1.82, 2.24) is 15.2 Å². The molecule has 0 spiro atoms. The first-order valence-corrected chi connectivity index (χ1v) is 11.4. The summed E-state index contributed by atoms with van der Waals surface area (Å²) in [7, 11) is 0. The molecular weight excluding hydrogens is 414 g/mol. The predicted octanol–water partition coefficient (Wildman–Crippen LogP) is 4.32. The Morgan fingerprint density at radius 1 is 1.03 bits per heavy atom. The third-order valence-electron chi connectivity index (χ3n) is 5.95. The molecule has 2 aromatic carbocycles. The van der Waals surface area contributed by atoms with Crippen LogP contribution in [0.1, 0.15) is 35.7 Å². The van der Waals surface area contributed by atoms with Crippen LogP contribution in [0.5, 0.6) is 5.75 Å². The first-order valence-electron chi connectivity index (χ1n) is 11.4. The monoisotopic (exact) mass is 443 g/mol. The zero-order chi connectivity index (χ0) is 23.0. The van der Waals surface area contributed by atoms with Gasteiger partial charge in [0.1, 0.15) is 5.75 Å². The van der Waals surface area contributed by atoms with Crippen LogP contribution in [0.3, 0.4) is 0 Å². The fourth-order valence-corrected chi connectivity index (χ4v) is 4.13. The van der Waals surface area contributed by atoms with Crippen molar-refractivity contribution >= 4 is 11.8 Å². The van der Waals surface area contributed by atoms with E-state index < -0.39 is 0 Å². The average Bonchev–Trinajstić information content (AvgIpc) is 2.88. The Balaban J connectivity index is 1.32. The molecule has 6 heteroatoms. The molecule has 0 radical (unpaired) electrons. The lowest BCUT2D eigenvalue weighted by Gasteiger charge is -2.31. The standard InChI is InChI=1S/C27H29N3O3/c1-2-33-25-11-7-6-10-23(25)19-29-26(31)21-13-16-30(17-14-21)27(32)22-12-15-28-24(18-22)20-8-4-3-5-9-20/h3-12,15,18,21H,2,13-14,16-17,19H2,1H3,(H,29,31). The van der Waals surface area contributed by atoms with Crippen molar-refractivity contribution in [2.24, 2.45) is 5.92 Å². The summed E-state index contributed by atoms with van der Waals surface area (Å²) < 4.78 is 5.63. The van der Waals surface area contributed by atoms with E-state index in [2.05, 4.69) is 10.3 Å². The van der Waals surface area contributed by atoms with E-state index in [0.29, 0.717) is 44.6 Å². The number of rotatable bonds is 7. The molecule has 6 nitrogen and oxygen atoms in total. The molecule has 0 unspecified atom stereocenters. The number of aromatic nitrogens is 1. The molecule has 1 aliphatic heterocycles. The van der Waals surface area contributed by atoms with Gasteiger partial charge < -0.3 is 15.0 Å². The second-order valence-corrected chi connectivity index (χ2v) is 8.12. The highest BCUT2D eigenvalue weighted by Crippen LogP contribution is 2.23. The van der Waals surface area contributed by atoms with Gasteiger partial charge in [-0.2, -0.15) is 0 Å². The van der Waals surface area contributed by atoms with E-state index in [1.807, 2.05) is 72.5 Å². The zero-order valence-electron chi connectivity index (χ0n) is 18.9. The van der Waals surface area contributed by atoms with E-state index in [4.69, 9.17) is 4.74 Å². The molecule has 1 aromatic heterocycles. The molecule has 1 fully saturated rings. The molecule has 1 N–H and O–H groups in total. The number of amides is 2. The Morgan fingerprint density at radius 2 is 1.76 bits per heavy atom. The van der Waals surface area contributed by atoms with Gasteiger partial charge in [0.15, 0.2) is 0 Å². The number of piperidine rings is 1. The van der Waals surface area contributed by atoms with Gasteiger partial charge in [-0.05, 0) is 38.0 Å². The summed E-state index contributed by atoms with van der Waals surface area (Å²) in [6.45, 7) is 4.10. The highest BCUT2D eigenvalue weighted by molar-refractivity contribution is 5.95. The van der Waals surface area contributed by atoms with Crippen LogP contribution in [0, 0.1) is 5.92 Å². The molecule has 0 bridgehead atoms. The topological polar surface area (TPSA) is 71.5 Å². The van der Waals surface area contributed by atoms with Gasteiger partial charge in [-0.25, -0.2) is 0 Å². The summed E-state index contributed by atoms with van der Waals surface area (Å²) in [6, 6.07) is 21.2. The van der Waals surface area contributed by atoms with Crippen molar-refractivity contribution in [1.29, 1.82) is 0 Å². The lowest BCUT2D eigenvalue weighted by atomic mass is 9.95. The number of nitrogens with one attached hydrogen (secondary N) is 1. The van der Waals surface area contributed by atoms with Crippen LogP contribution in [0.2, 0.25) is 0 Å². The summed E-state index contributed by atoms with van der Waals surface area (Å²) >= 11 is 0. The molecule has 2 amide bonds. The van der Waals surface area contributed by atoms with E-state index in [9.17, 15) is 9.59 Å². The van der Waals surface area contributed by atoms with Crippen molar-refractivity contribution in [3.63, 3.8) is 0 Å². The van der Waals surface area contributed by atoms with Gasteiger partial charge in [-0.3, -0.25) is 14.6 Å². The van der Waals surface area contributed by atoms with Crippen LogP contribution in [-0.4, -0.2) is 41.4 Å². The molecule has 3 aromatic rings. The molecule has 1 aliphatic rings. The van der Waals surface area contributed by atoms with Gasteiger partial charge in [0.25, 0.3) is 5.91 Å². The van der Waals surface area contributed by atoms with Crippen molar-refractivity contribution in [3.8, 4) is 17.0 Å². The zero-order valence-corrected chi connectivity index (χ0v) is 18.9. The second kappa shape index (κ2) is 10.8. The van der Waals surface area contributed by atoms with Gasteiger partial charge in [0.2, 0.25) is 5.91 Å². The molecule has 4 rings (SSSR count). The average molecular weight is 444 g/mol. The predicted molar refractivity (Wildman–Crippen MR) is 128 cm³/mol. The summed E-state index contributed by atoms with van der Waals surface area (Å²) in [4.78, 5) is 32.0. The summed E-state index contributed by atoms with van der Waals surface area (Å²) in [5, 5.41) is 3.04. The van der Waals surface area contributed by atoms with Crippen LogP contribution in [0.25, 0.3) is 11.3 Å². The Labute approximate surface area is 194 Å². The highest BCUT2D eigenvalue weighted by atomic mass is 16.5. The molecule has 0 saturated carbocycles. The Morgan fingerprint density at radius 3 is 2.52 bits per heavy atom. The first kappa shape index (κ1) is 22.5. The number of ether oxygens (including phenoxy) is 1. The second-order valence-electron chi connectivity index (χ2n) is 8.12. The maximum absolute atomic E-state index is 13.1. The fourth-order valence-electron chi connectivity index (χ4n) is 4.13. The largest absolute Gasteiger partial charge is 0.494 e. The van der Waals surface area contributed by atoms with Gasteiger partial charge in [0, 0.05) is 48.4 Å². The summed E-state index contributed by atoms with van der Waals surface area (Å²) in [5.74, 6) is 0.723. The Bertz CT molecular complexity index is 1090. The summed E-state index contributed by atoms with van der Waals surface area (Å²) in [6.07, 6.45) is 2.98. The number of hydrogen-bond donors (Lipinski definition) is 1. The lowest BCUT2D eigenvalue weighted by Crippen LogP contribution is -2.43. The van der Waals surface area contributed by atoms with Crippen LogP contribution < -0.4 is 10.1 Å². The maximum atomic E-state index is 13.1. The lowest BCUT2D eigenvalue weighted by molar-refractivity contribution is -0.126. The van der Waals surface area contributed by atoms with Crippen LogP contribution in [0.4, 0.5) is 0 Å². The summed E-state index contributed by atoms with van der Waals surface area (Å²) in [5.41, 5.74) is 3.35. The van der Waals surface area contributed by atoms with E-state index in [1.54, 1.807) is 12.3 Å². The minimum atomic E-state index is -0.0920. The number of likely N-dealkylation sites (tertiary alicyclic amines) is 1. The molecule has 2 heterocycles. The van der Waals surface area contributed by atoms with Gasteiger partial charge in [0.05, 0.1) is 12.3 Å². The van der Waals surface area contributed by atoms with Gasteiger partial charge >= 0.3 is 0 Å². The van der Waals surface area contributed by atoms with Crippen molar-refractivity contribution in [2.75, 3.05) is 19.7 Å². The molecule has 0 atom stereocenters. The fraction of sp³-hybridized carbons (Fsp3) is 0.296. The highest BCUT2D eigenvalue weighted by Gasteiger charge is 2.28. The van der Waals surface area contributed by atoms with Crippen LogP contribution in [-0.2, 0) is 11.3 Å². The third kappa shape index (κ3) is 5.58. The Kier molecular flexibility index (Phi) is 7.35. The van der Waals surface area contributed by atoms with E-state index in [1.165, 1.54) is 0 Å². The SMILES string of the molecule is CCOc1ccccc1CNC(=O)C1CCN(C(=O)c2ccnc(-c3ccccc3)c2)CC1. The van der Waals surface area contributed by atoms with Crippen molar-refractivity contribution in [2.45, 2.75) is 26.3 Å². The molecule has 33 heavy (non-hydrogen) atoms.